The highest BCUT2D eigenvalue weighted by molar-refractivity contribution is 7.22. The fourth-order valence-corrected chi connectivity index (χ4v) is 3.21. The lowest BCUT2D eigenvalue weighted by molar-refractivity contribution is -0.117. The second-order valence-corrected chi connectivity index (χ2v) is 6.18. The Morgan fingerprint density at radius 1 is 1.38 bits per heavy atom. The van der Waals surface area contributed by atoms with Crippen LogP contribution < -0.4 is 10.6 Å². The molecule has 1 aliphatic rings. The van der Waals surface area contributed by atoms with E-state index in [4.69, 9.17) is 0 Å². The number of rotatable bonds is 3. The first-order valence-electron chi connectivity index (χ1n) is 6.77. The van der Waals surface area contributed by atoms with Crippen LogP contribution in [0.1, 0.15) is 12.8 Å². The molecule has 1 aliphatic carbocycles. The Hall–Kier alpha value is -2.22. The van der Waals surface area contributed by atoms with Crippen LogP contribution in [0.15, 0.2) is 6.33 Å². The van der Waals surface area contributed by atoms with Crippen LogP contribution in [0.4, 0.5) is 10.9 Å². The smallest absolute Gasteiger partial charge is 0.229 e. The van der Waals surface area contributed by atoms with Crippen LogP contribution in [0.3, 0.4) is 0 Å². The normalized spacial score (nSPS) is 14.8. The Labute approximate surface area is 124 Å². The van der Waals surface area contributed by atoms with E-state index in [1.54, 1.807) is 6.33 Å². The molecule has 2 N–H and O–H groups in total. The van der Waals surface area contributed by atoms with Crippen molar-refractivity contribution in [1.82, 2.24) is 19.5 Å². The van der Waals surface area contributed by atoms with Gasteiger partial charge in [-0.2, -0.15) is 0 Å². The molecule has 0 saturated heterocycles. The summed E-state index contributed by atoms with van der Waals surface area (Å²) < 4.78 is 1.92. The van der Waals surface area contributed by atoms with E-state index >= 15 is 0 Å². The molecule has 21 heavy (non-hydrogen) atoms. The molecule has 1 fully saturated rings. The molecule has 1 saturated carbocycles. The van der Waals surface area contributed by atoms with Gasteiger partial charge >= 0.3 is 0 Å². The summed E-state index contributed by atoms with van der Waals surface area (Å²) in [6.45, 7) is 0. The molecule has 0 radical (unpaired) electrons. The number of carbonyl (C=O) groups is 1. The maximum atomic E-state index is 11.9. The molecule has 0 aliphatic heterocycles. The van der Waals surface area contributed by atoms with Crippen LogP contribution in [0, 0.1) is 5.92 Å². The van der Waals surface area contributed by atoms with E-state index in [1.807, 2.05) is 18.7 Å². The molecule has 1 amide bonds. The first-order valence-corrected chi connectivity index (χ1v) is 7.59. The van der Waals surface area contributed by atoms with Crippen molar-refractivity contribution in [3.05, 3.63) is 6.33 Å². The van der Waals surface area contributed by atoms with E-state index in [9.17, 15) is 4.79 Å². The van der Waals surface area contributed by atoms with E-state index in [1.165, 1.54) is 11.3 Å². The van der Waals surface area contributed by atoms with E-state index < -0.39 is 0 Å². The molecular weight excluding hydrogens is 288 g/mol. The predicted molar refractivity (Wildman–Crippen MR) is 82.6 cm³/mol. The van der Waals surface area contributed by atoms with Gasteiger partial charge in [-0.25, -0.2) is 15.0 Å². The van der Waals surface area contributed by atoms with Crippen LogP contribution in [-0.2, 0) is 11.8 Å². The Morgan fingerprint density at radius 3 is 2.90 bits per heavy atom. The molecule has 0 bridgehead atoms. The third-order valence-corrected chi connectivity index (χ3v) is 4.49. The van der Waals surface area contributed by atoms with Gasteiger partial charge in [0.05, 0.1) is 6.33 Å². The number of carbonyl (C=O) groups excluding carboxylic acids is 1. The third-order valence-electron chi connectivity index (χ3n) is 3.62. The van der Waals surface area contributed by atoms with Crippen molar-refractivity contribution in [1.29, 1.82) is 0 Å². The van der Waals surface area contributed by atoms with Gasteiger partial charge in [-0.3, -0.25) is 4.79 Å². The second kappa shape index (κ2) is 4.39. The molecule has 0 unspecified atom stereocenters. The molecule has 8 heteroatoms. The van der Waals surface area contributed by atoms with Crippen LogP contribution in [0.2, 0.25) is 0 Å². The maximum Gasteiger partial charge on any atom is 0.229 e. The molecule has 0 spiro atoms. The number of aryl methyl sites for hydroxylation is 1. The topological polar surface area (TPSA) is 84.7 Å². The second-order valence-electron chi connectivity index (χ2n) is 5.20. The number of pyridine rings is 1. The summed E-state index contributed by atoms with van der Waals surface area (Å²) in [7, 11) is 3.75. The van der Waals surface area contributed by atoms with Gasteiger partial charge in [0.25, 0.3) is 0 Å². The van der Waals surface area contributed by atoms with E-state index in [0.717, 1.165) is 40.0 Å². The summed E-state index contributed by atoms with van der Waals surface area (Å²) in [6.07, 6.45) is 3.70. The van der Waals surface area contributed by atoms with Crippen molar-refractivity contribution < 1.29 is 4.79 Å². The lowest BCUT2D eigenvalue weighted by Gasteiger charge is -2.01. The Bertz CT molecular complexity index is 862. The van der Waals surface area contributed by atoms with E-state index in [-0.39, 0.29) is 11.8 Å². The molecule has 3 aromatic rings. The predicted octanol–water partition coefficient (Wildman–Crippen LogP) is 1.97. The summed E-state index contributed by atoms with van der Waals surface area (Å²) in [5, 5.41) is 6.55. The average Bonchev–Trinajstić information content (AvgIpc) is 3.15. The molecule has 108 valence electrons. The number of hydrogen-bond donors (Lipinski definition) is 2. The fourth-order valence-electron chi connectivity index (χ4n) is 2.36. The van der Waals surface area contributed by atoms with Gasteiger partial charge in [0.15, 0.2) is 10.9 Å². The SMILES string of the molecule is CNc1nc2sc(NC(=O)C3CC3)nc2c2c1ncn2C. The highest BCUT2D eigenvalue weighted by atomic mass is 32.1. The zero-order valence-electron chi connectivity index (χ0n) is 11.7. The minimum Gasteiger partial charge on any atom is -0.371 e. The van der Waals surface area contributed by atoms with Crippen molar-refractivity contribution in [3.8, 4) is 0 Å². The maximum absolute atomic E-state index is 11.9. The minimum atomic E-state index is 0.0594. The van der Waals surface area contributed by atoms with Crippen molar-refractivity contribution in [2.45, 2.75) is 12.8 Å². The number of aromatic nitrogens is 4. The largest absolute Gasteiger partial charge is 0.371 e. The standard InChI is InChI=1S/C13H14N6OS/c1-14-10-7-9(19(2)5-15-7)8-12(17-10)21-13(16-8)18-11(20)6-3-4-6/h5-6H,3-4H2,1-2H3,(H,14,17)(H,16,18,20). The highest BCUT2D eigenvalue weighted by Gasteiger charge is 2.30. The first kappa shape index (κ1) is 12.5. The van der Waals surface area contributed by atoms with Gasteiger partial charge < -0.3 is 15.2 Å². The minimum absolute atomic E-state index is 0.0594. The van der Waals surface area contributed by atoms with Crippen LogP contribution in [0.25, 0.3) is 21.4 Å². The summed E-state index contributed by atoms with van der Waals surface area (Å²) in [6, 6.07) is 0. The molecule has 3 aromatic heterocycles. The lowest BCUT2D eigenvalue weighted by atomic mass is 10.3. The molecule has 0 atom stereocenters. The quantitative estimate of drug-likeness (QED) is 0.772. The van der Waals surface area contributed by atoms with Crippen molar-refractivity contribution in [3.63, 3.8) is 0 Å². The molecule has 4 rings (SSSR count). The third kappa shape index (κ3) is 1.94. The Balaban J connectivity index is 1.87. The summed E-state index contributed by atoms with van der Waals surface area (Å²) in [4.78, 5) is 26.1. The molecule has 3 heterocycles. The lowest BCUT2D eigenvalue weighted by Crippen LogP contribution is -2.12. The zero-order valence-corrected chi connectivity index (χ0v) is 12.5. The van der Waals surface area contributed by atoms with Crippen LogP contribution in [0.5, 0.6) is 0 Å². The van der Waals surface area contributed by atoms with E-state index in [0.29, 0.717) is 5.13 Å². The fraction of sp³-hybridized carbons (Fsp3) is 0.385. The van der Waals surface area contributed by atoms with Gasteiger partial charge in [-0.1, -0.05) is 11.3 Å². The van der Waals surface area contributed by atoms with E-state index in [2.05, 4.69) is 25.6 Å². The van der Waals surface area contributed by atoms with Gasteiger partial charge in [-0.15, -0.1) is 0 Å². The number of amides is 1. The molecule has 7 nitrogen and oxygen atoms in total. The number of hydrogen-bond acceptors (Lipinski definition) is 6. The van der Waals surface area contributed by atoms with Crippen molar-refractivity contribution >= 4 is 49.6 Å². The van der Waals surface area contributed by atoms with Crippen LogP contribution >= 0.6 is 11.3 Å². The number of nitrogens with zero attached hydrogens (tertiary/aromatic N) is 4. The Kier molecular flexibility index (Phi) is 2.61. The van der Waals surface area contributed by atoms with Crippen molar-refractivity contribution in [2.75, 3.05) is 17.7 Å². The first-order chi connectivity index (χ1) is 10.2. The summed E-state index contributed by atoms with van der Waals surface area (Å²) >= 11 is 1.39. The van der Waals surface area contributed by atoms with Gasteiger partial charge in [0.2, 0.25) is 5.91 Å². The Morgan fingerprint density at radius 2 is 2.19 bits per heavy atom. The number of anilines is 2. The number of fused-ring (bicyclic) bond motifs is 3. The molecular formula is C13H14N6OS. The number of nitrogens with one attached hydrogen (secondary N) is 2. The zero-order chi connectivity index (χ0) is 14.6. The van der Waals surface area contributed by atoms with Gasteiger partial charge in [0, 0.05) is 20.0 Å². The highest BCUT2D eigenvalue weighted by Crippen LogP contribution is 2.35. The summed E-state index contributed by atoms with van der Waals surface area (Å²) in [5.41, 5.74) is 2.49. The number of imidazole rings is 1. The monoisotopic (exact) mass is 302 g/mol. The molecule has 0 aromatic carbocycles. The number of thiazole rings is 1. The van der Waals surface area contributed by atoms with Gasteiger partial charge in [-0.05, 0) is 12.8 Å². The average molecular weight is 302 g/mol. The summed E-state index contributed by atoms with van der Waals surface area (Å²) in [5.74, 6) is 0.945. The van der Waals surface area contributed by atoms with Crippen LogP contribution in [-0.4, -0.2) is 32.5 Å². The van der Waals surface area contributed by atoms with Crippen molar-refractivity contribution in [2.24, 2.45) is 13.0 Å². The van der Waals surface area contributed by atoms with Gasteiger partial charge in [0.1, 0.15) is 21.4 Å².